The summed E-state index contributed by atoms with van der Waals surface area (Å²) in [7, 11) is 0. The monoisotopic (exact) mass is 250 g/mol. The van der Waals surface area contributed by atoms with Crippen molar-refractivity contribution in [2.75, 3.05) is 5.32 Å². The van der Waals surface area contributed by atoms with Crippen LogP contribution >= 0.6 is 11.3 Å². The van der Waals surface area contributed by atoms with E-state index < -0.39 is 12.0 Å². The van der Waals surface area contributed by atoms with Gasteiger partial charge in [0.25, 0.3) is 0 Å². The molecule has 0 spiro atoms. The van der Waals surface area contributed by atoms with Crippen LogP contribution in [0.3, 0.4) is 0 Å². The molecule has 0 bridgehead atoms. The SMILES string of the molecule is CC(C)C(Nc1nc2ccccc2s1)C(=O)O. The molecule has 0 fully saturated rings. The third-order valence-electron chi connectivity index (χ3n) is 2.51. The molecular weight excluding hydrogens is 236 g/mol. The molecule has 5 heteroatoms. The number of rotatable bonds is 4. The van der Waals surface area contributed by atoms with E-state index in [4.69, 9.17) is 5.11 Å². The van der Waals surface area contributed by atoms with Crippen molar-refractivity contribution in [3.63, 3.8) is 0 Å². The minimum atomic E-state index is -0.848. The van der Waals surface area contributed by atoms with Crippen LogP contribution in [-0.4, -0.2) is 22.1 Å². The van der Waals surface area contributed by atoms with Crippen LogP contribution in [0.2, 0.25) is 0 Å². The number of nitrogens with zero attached hydrogens (tertiary/aromatic N) is 1. The number of nitrogens with one attached hydrogen (secondary N) is 1. The molecule has 2 aromatic rings. The number of carboxylic acid groups (broad SMARTS) is 1. The van der Waals surface area contributed by atoms with Crippen molar-refractivity contribution in [2.45, 2.75) is 19.9 Å². The second-order valence-corrected chi connectivity index (χ2v) is 5.22. The highest BCUT2D eigenvalue weighted by Crippen LogP contribution is 2.26. The van der Waals surface area contributed by atoms with Crippen molar-refractivity contribution in [3.05, 3.63) is 24.3 Å². The maximum atomic E-state index is 11.1. The van der Waals surface area contributed by atoms with Gasteiger partial charge < -0.3 is 10.4 Å². The van der Waals surface area contributed by atoms with Crippen molar-refractivity contribution in [2.24, 2.45) is 5.92 Å². The van der Waals surface area contributed by atoms with Gasteiger partial charge in [0, 0.05) is 0 Å². The molecule has 0 saturated carbocycles. The zero-order valence-corrected chi connectivity index (χ0v) is 10.5. The Morgan fingerprint density at radius 3 is 2.71 bits per heavy atom. The average molecular weight is 250 g/mol. The summed E-state index contributed by atoms with van der Waals surface area (Å²) >= 11 is 1.47. The first-order valence-corrected chi connectivity index (χ1v) is 6.24. The molecule has 0 radical (unpaired) electrons. The molecule has 0 aliphatic heterocycles. The summed E-state index contributed by atoms with van der Waals surface area (Å²) in [6.07, 6.45) is 0. The molecule has 17 heavy (non-hydrogen) atoms. The molecule has 0 saturated heterocycles. The Balaban J connectivity index is 2.25. The molecule has 1 aromatic heterocycles. The van der Waals surface area contributed by atoms with Crippen molar-refractivity contribution < 1.29 is 9.90 Å². The van der Waals surface area contributed by atoms with Crippen LogP contribution in [0.15, 0.2) is 24.3 Å². The van der Waals surface area contributed by atoms with Crippen LogP contribution in [0.25, 0.3) is 10.2 Å². The number of anilines is 1. The van der Waals surface area contributed by atoms with E-state index in [0.717, 1.165) is 10.2 Å². The Morgan fingerprint density at radius 1 is 1.41 bits per heavy atom. The first-order valence-electron chi connectivity index (χ1n) is 5.43. The number of aromatic nitrogens is 1. The van der Waals surface area contributed by atoms with E-state index in [2.05, 4.69) is 10.3 Å². The van der Waals surface area contributed by atoms with Crippen molar-refractivity contribution >= 4 is 32.7 Å². The van der Waals surface area contributed by atoms with Crippen LogP contribution in [0.4, 0.5) is 5.13 Å². The Bertz CT molecular complexity index is 503. The Morgan fingerprint density at radius 2 is 2.12 bits per heavy atom. The number of thiazole rings is 1. The molecule has 2 rings (SSSR count). The third kappa shape index (κ3) is 2.55. The number of carboxylic acids is 1. The summed E-state index contributed by atoms with van der Waals surface area (Å²) in [5, 5.41) is 12.7. The zero-order chi connectivity index (χ0) is 12.4. The summed E-state index contributed by atoms with van der Waals surface area (Å²) in [4.78, 5) is 15.4. The maximum absolute atomic E-state index is 11.1. The fourth-order valence-electron chi connectivity index (χ4n) is 1.58. The molecule has 1 unspecified atom stereocenters. The second-order valence-electron chi connectivity index (χ2n) is 4.19. The van der Waals surface area contributed by atoms with E-state index in [9.17, 15) is 4.79 Å². The molecule has 1 heterocycles. The molecule has 0 amide bonds. The summed E-state index contributed by atoms with van der Waals surface area (Å²) in [5.74, 6) is -0.834. The first-order chi connectivity index (χ1) is 8.08. The number of hydrogen-bond donors (Lipinski definition) is 2. The number of fused-ring (bicyclic) bond motifs is 1. The average Bonchev–Trinajstić information content (AvgIpc) is 2.67. The Kier molecular flexibility index (Phi) is 3.28. The number of benzene rings is 1. The van der Waals surface area contributed by atoms with Gasteiger partial charge in [0.05, 0.1) is 10.2 Å². The molecule has 2 N–H and O–H groups in total. The largest absolute Gasteiger partial charge is 0.480 e. The second kappa shape index (κ2) is 4.71. The van der Waals surface area contributed by atoms with Gasteiger partial charge in [0.2, 0.25) is 0 Å². The van der Waals surface area contributed by atoms with E-state index >= 15 is 0 Å². The molecule has 4 nitrogen and oxygen atoms in total. The van der Waals surface area contributed by atoms with Gasteiger partial charge in [-0.05, 0) is 18.1 Å². The normalized spacial score (nSPS) is 12.9. The maximum Gasteiger partial charge on any atom is 0.326 e. The summed E-state index contributed by atoms with van der Waals surface area (Å²) in [6, 6.07) is 7.16. The van der Waals surface area contributed by atoms with Crippen molar-refractivity contribution in [1.82, 2.24) is 4.98 Å². The quantitative estimate of drug-likeness (QED) is 0.876. The van der Waals surface area contributed by atoms with Crippen LogP contribution in [0.1, 0.15) is 13.8 Å². The lowest BCUT2D eigenvalue weighted by Gasteiger charge is -2.16. The van der Waals surface area contributed by atoms with Crippen LogP contribution in [0, 0.1) is 5.92 Å². The molecular formula is C12H14N2O2S. The van der Waals surface area contributed by atoms with Gasteiger partial charge in [0.15, 0.2) is 5.13 Å². The number of para-hydroxylation sites is 1. The van der Waals surface area contributed by atoms with Crippen LogP contribution < -0.4 is 5.32 Å². The van der Waals surface area contributed by atoms with Gasteiger partial charge in [-0.25, -0.2) is 9.78 Å². The number of hydrogen-bond acceptors (Lipinski definition) is 4. The van der Waals surface area contributed by atoms with E-state index in [1.807, 2.05) is 38.1 Å². The van der Waals surface area contributed by atoms with Gasteiger partial charge in [0.1, 0.15) is 6.04 Å². The summed E-state index contributed by atoms with van der Waals surface area (Å²) < 4.78 is 1.06. The topological polar surface area (TPSA) is 62.2 Å². The molecule has 1 atom stereocenters. The lowest BCUT2D eigenvalue weighted by molar-refractivity contribution is -0.138. The Labute approximate surface area is 103 Å². The Hall–Kier alpha value is -1.62. The fraction of sp³-hybridized carbons (Fsp3) is 0.333. The van der Waals surface area contributed by atoms with Gasteiger partial charge in [-0.3, -0.25) is 0 Å². The molecule has 1 aromatic carbocycles. The number of aliphatic carboxylic acids is 1. The highest BCUT2D eigenvalue weighted by molar-refractivity contribution is 7.22. The van der Waals surface area contributed by atoms with Gasteiger partial charge >= 0.3 is 5.97 Å². The van der Waals surface area contributed by atoms with Gasteiger partial charge in [-0.15, -0.1) is 0 Å². The van der Waals surface area contributed by atoms with Crippen molar-refractivity contribution in [1.29, 1.82) is 0 Å². The standard InChI is InChI=1S/C12H14N2O2S/c1-7(2)10(11(15)16)14-12-13-8-5-3-4-6-9(8)17-12/h3-7,10H,1-2H3,(H,13,14)(H,15,16). The van der Waals surface area contributed by atoms with Gasteiger partial charge in [-0.2, -0.15) is 0 Å². The highest BCUT2D eigenvalue weighted by atomic mass is 32.1. The number of carbonyl (C=O) groups is 1. The minimum absolute atomic E-state index is 0.0134. The smallest absolute Gasteiger partial charge is 0.326 e. The van der Waals surface area contributed by atoms with Crippen LogP contribution in [0.5, 0.6) is 0 Å². The predicted octanol–water partition coefficient (Wildman–Crippen LogP) is 2.82. The minimum Gasteiger partial charge on any atom is -0.480 e. The van der Waals surface area contributed by atoms with E-state index in [1.54, 1.807) is 0 Å². The third-order valence-corrected chi connectivity index (χ3v) is 3.47. The van der Waals surface area contributed by atoms with E-state index in [-0.39, 0.29) is 5.92 Å². The zero-order valence-electron chi connectivity index (χ0n) is 9.68. The molecule has 0 aliphatic rings. The van der Waals surface area contributed by atoms with Gasteiger partial charge in [-0.1, -0.05) is 37.3 Å². The fourth-order valence-corrected chi connectivity index (χ4v) is 2.48. The molecule has 90 valence electrons. The van der Waals surface area contributed by atoms with Crippen molar-refractivity contribution in [3.8, 4) is 0 Å². The lowest BCUT2D eigenvalue weighted by Crippen LogP contribution is -2.34. The summed E-state index contributed by atoms with van der Waals surface area (Å²) in [6.45, 7) is 3.75. The molecule has 0 aliphatic carbocycles. The van der Waals surface area contributed by atoms with E-state index in [0.29, 0.717) is 5.13 Å². The van der Waals surface area contributed by atoms with E-state index in [1.165, 1.54) is 11.3 Å². The predicted molar refractivity (Wildman–Crippen MR) is 69.5 cm³/mol. The summed E-state index contributed by atoms with van der Waals surface area (Å²) in [5.41, 5.74) is 0.896. The highest BCUT2D eigenvalue weighted by Gasteiger charge is 2.22. The first kappa shape index (κ1) is 11.9. The van der Waals surface area contributed by atoms with Crippen LogP contribution in [-0.2, 0) is 4.79 Å². The lowest BCUT2D eigenvalue weighted by atomic mass is 10.1.